The zero-order valence-corrected chi connectivity index (χ0v) is 14.8. The lowest BCUT2D eigenvalue weighted by Crippen LogP contribution is -2.19. The van der Waals surface area contributed by atoms with Crippen molar-refractivity contribution in [3.63, 3.8) is 0 Å². The van der Waals surface area contributed by atoms with Crippen LogP contribution < -0.4 is 10.6 Å². The van der Waals surface area contributed by atoms with Crippen LogP contribution in [0.2, 0.25) is 0 Å². The normalized spacial score (nSPS) is 16.6. The van der Waals surface area contributed by atoms with Gasteiger partial charge in [-0.15, -0.1) is 0 Å². The third-order valence-corrected chi connectivity index (χ3v) is 4.54. The number of pyridine rings is 1. The van der Waals surface area contributed by atoms with E-state index in [2.05, 4.69) is 22.5 Å². The maximum Gasteiger partial charge on any atom is 0.257 e. The summed E-state index contributed by atoms with van der Waals surface area (Å²) >= 11 is 0. The first-order chi connectivity index (χ1) is 12.2. The van der Waals surface area contributed by atoms with E-state index in [1.54, 1.807) is 12.4 Å². The van der Waals surface area contributed by atoms with Gasteiger partial charge in [0, 0.05) is 31.2 Å². The SMILES string of the molecule is CCc1cccc(C)c1NC(=O)c1cncc(NCC2CCCO2)c1. The van der Waals surface area contributed by atoms with Crippen molar-refractivity contribution in [1.82, 2.24) is 4.98 Å². The molecule has 0 aliphatic carbocycles. The van der Waals surface area contributed by atoms with Crippen molar-refractivity contribution in [2.75, 3.05) is 23.8 Å². The lowest BCUT2D eigenvalue weighted by Gasteiger charge is -2.14. The zero-order valence-electron chi connectivity index (χ0n) is 14.8. The highest BCUT2D eigenvalue weighted by molar-refractivity contribution is 6.05. The Balaban J connectivity index is 1.69. The van der Waals surface area contributed by atoms with Gasteiger partial charge in [0.2, 0.25) is 0 Å². The van der Waals surface area contributed by atoms with Crippen molar-refractivity contribution in [1.29, 1.82) is 0 Å². The number of aromatic nitrogens is 1. The van der Waals surface area contributed by atoms with Gasteiger partial charge in [-0.05, 0) is 43.4 Å². The smallest absolute Gasteiger partial charge is 0.257 e. The van der Waals surface area contributed by atoms with Gasteiger partial charge in [-0.3, -0.25) is 9.78 Å². The molecular formula is C20H25N3O2. The fraction of sp³-hybridized carbons (Fsp3) is 0.400. The number of anilines is 2. The summed E-state index contributed by atoms with van der Waals surface area (Å²) in [6.07, 6.45) is 6.64. The Labute approximate surface area is 148 Å². The number of aryl methyl sites for hydroxylation is 2. The number of hydrogen-bond donors (Lipinski definition) is 2. The number of carbonyl (C=O) groups excluding carboxylic acids is 1. The molecule has 1 aliphatic rings. The van der Waals surface area contributed by atoms with Crippen LogP contribution in [-0.2, 0) is 11.2 Å². The highest BCUT2D eigenvalue weighted by atomic mass is 16.5. The van der Waals surface area contributed by atoms with Gasteiger partial charge in [-0.1, -0.05) is 25.1 Å². The number of carbonyl (C=O) groups is 1. The predicted molar refractivity (Wildman–Crippen MR) is 100 cm³/mol. The molecule has 5 nitrogen and oxygen atoms in total. The predicted octanol–water partition coefficient (Wildman–Crippen LogP) is 3.80. The molecule has 1 aliphatic heterocycles. The first kappa shape index (κ1) is 17.4. The summed E-state index contributed by atoms with van der Waals surface area (Å²) < 4.78 is 5.61. The monoisotopic (exact) mass is 339 g/mol. The van der Waals surface area contributed by atoms with E-state index >= 15 is 0 Å². The standard InChI is InChI=1S/C20H25N3O2/c1-3-15-7-4-6-14(2)19(15)23-20(24)16-10-17(12-21-11-16)22-13-18-8-5-9-25-18/h4,6-7,10-12,18,22H,3,5,8-9,13H2,1-2H3,(H,23,24). The van der Waals surface area contributed by atoms with Gasteiger partial charge in [0.15, 0.2) is 0 Å². The molecule has 5 heteroatoms. The van der Waals surface area contributed by atoms with Crippen molar-refractivity contribution in [3.05, 3.63) is 53.3 Å². The fourth-order valence-corrected chi connectivity index (χ4v) is 3.09. The Bertz CT molecular complexity index is 739. The highest BCUT2D eigenvalue weighted by Gasteiger charge is 2.16. The number of amides is 1. The first-order valence-corrected chi connectivity index (χ1v) is 8.87. The van der Waals surface area contributed by atoms with Gasteiger partial charge in [-0.2, -0.15) is 0 Å². The molecule has 2 heterocycles. The third-order valence-electron chi connectivity index (χ3n) is 4.54. The second kappa shape index (κ2) is 8.12. The molecule has 1 aromatic heterocycles. The molecule has 2 aromatic rings. The van der Waals surface area contributed by atoms with Gasteiger partial charge in [-0.25, -0.2) is 0 Å². The average Bonchev–Trinajstić information content (AvgIpc) is 3.15. The van der Waals surface area contributed by atoms with Crippen LogP contribution in [0.25, 0.3) is 0 Å². The van der Waals surface area contributed by atoms with Crippen molar-refractivity contribution in [3.8, 4) is 0 Å². The van der Waals surface area contributed by atoms with Crippen LogP contribution in [-0.4, -0.2) is 30.1 Å². The van der Waals surface area contributed by atoms with E-state index in [0.717, 1.165) is 54.9 Å². The maximum absolute atomic E-state index is 12.6. The number of benzene rings is 1. The lowest BCUT2D eigenvalue weighted by atomic mass is 10.1. The van der Waals surface area contributed by atoms with Gasteiger partial charge in [0.1, 0.15) is 0 Å². The van der Waals surface area contributed by atoms with E-state index in [9.17, 15) is 4.79 Å². The quantitative estimate of drug-likeness (QED) is 0.840. The summed E-state index contributed by atoms with van der Waals surface area (Å²) in [7, 11) is 0. The lowest BCUT2D eigenvalue weighted by molar-refractivity contribution is 0.102. The van der Waals surface area contributed by atoms with Crippen LogP contribution in [0.4, 0.5) is 11.4 Å². The van der Waals surface area contributed by atoms with Crippen molar-refractivity contribution in [2.24, 2.45) is 0 Å². The summed E-state index contributed by atoms with van der Waals surface area (Å²) in [6, 6.07) is 7.90. The minimum Gasteiger partial charge on any atom is -0.381 e. The molecule has 1 unspecified atom stereocenters. The zero-order chi connectivity index (χ0) is 17.6. The first-order valence-electron chi connectivity index (χ1n) is 8.87. The Kier molecular flexibility index (Phi) is 5.66. The maximum atomic E-state index is 12.6. The second-order valence-electron chi connectivity index (χ2n) is 6.39. The molecule has 0 radical (unpaired) electrons. The molecule has 1 fully saturated rings. The number of rotatable bonds is 6. The molecule has 3 rings (SSSR count). The minimum absolute atomic E-state index is 0.141. The number of nitrogens with one attached hydrogen (secondary N) is 2. The summed E-state index contributed by atoms with van der Waals surface area (Å²) in [6.45, 7) is 5.67. The van der Waals surface area contributed by atoms with Gasteiger partial charge >= 0.3 is 0 Å². The Morgan fingerprint density at radius 1 is 1.36 bits per heavy atom. The molecule has 1 aromatic carbocycles. The number of para-hydroxylation sites is 1. The van der Waals surface area contributed by atoms with Crippen molar-refractivity contribution in [2.45, 2.75) is 39.2 Å². The summed E-state index contributed by atoms with van der Waals surface area (Å²) in [5, 5.41) is 6.35. The van der Waals surface area contributed by atoms with Gasteiger partial charge < -0.3 is 15.4 Å². The molecule has 1 atom stereocenters. The van der Waals surface area contributed by atoms with E-state index in [0.29, 0.717) is 5.56 Å². The van der Waals surface area contributed by atoms with E-state index in [-0.39, 0.29) is 12.0 Å². The van der Waals surface area contributed by atoms with Crippen LogP contribution >= 0.6 is 0 Å². The summed E-state index contributed by atoms with van der Waals surface area (Å²) in [4.78, 5) is 16.8. The molecule has 0 bridgehead atoms. The molecule has 1 amide bonds. The molecule has 132 valence electrons. The largest absolute Gasteiger partial charge is 0.381 e. The Morgan fingerprint density at radius 3 is 3.00 bits per heavy atom. The van der Waals surface area contributed by atoms with E-state index in [1.807, 2.05) is 31.2 Å². The van der Waals surface area contributed by atoms with Crippen LogP contribution in [0.5, 0.6) is 0 Å². The molecule has 0 spiro atoms. The molecular weight excluding hydrogens is 314 g/mol. The highest BCUT2D eigenvalue weighted by Crippen LogP contribution is 2.22. The van der Waals surface area contributed by atoms with Gasteiger partial charge in [0.25, 0.3) is 5.91 Å². The van der Waals surface area contributed by atoms with Crippen LogP contribution in [0.1, 0.15) is 41.3 Å². The molecule has 2 N–H and O–H groups in total. The molecule has 25 heavy (non-hydrogen) atoms. The third kappa shape index (κ3) is 4.37. The molecule has 0 saturated carbocycles. The number of hydrogen-bond acceptors (Lipinski definition) is 4. The number of nitrogens with zero attached hydrogens (tertiary/aromatic N) is 1. The van der Waals surface area contributed by atoms with Crippen molar-refractivity contribution >= 4 is 17.3 Å². The van der Waals surface area contributed by atoms with E-state index in [4.69, 9.17) is 4.74 Å². The van der Waals surface area contributed by atoms with Crippen LogP contribution in [0.3, 0.4) is 0 Å². The van der Waals surface area contributed by atoms with Crippen molar-refractivity contribution < 1.29 is 9.53 Å². The Morgan fingerprint density at radius 2 is 2.24 bits per heavy atom. The van der Waals surface area contributed by atoms with Crippen LogP contribution in [0.15, 0.2) is 36.7 Å². The minimum atomic E-state index is -0.141. The summed E-state index contributed by atoms with van der Waals surface area (Å²) in [5.41, 5.74) is 4.47. The fourth-order valence-electron chi connectivity index (χ4n) is 3.09. The second-order valence-corrected chi connectivity index (χ2v) is 6.39. The number of ether oxygens (including phenoxy) is 1. The average molecular weight is 339 g/mol. The van der Waals surface area contributed by atoms with E-state index < -0.39 is 0 Å². The van der Waals surface area contributed by atoms with E-state index in [1.165, 1.54) is 0 Å². The molecule has 1 saturated heterocycles. The van der Waals surface area contributed by atoms with Crippen LogP contribution in [0, 0.1) is 6.92 Å². The topological polar surface area (TPSA) is 63.2 Å². The Hall–Kier alpha value is -2.40. The summed E-state index contributed by atoms with van der Waals surface area (Å²) in [5.74, 6) is -0.141. The van der Waals surface area contributed by atoms with Gasteiger partial charge in [0.05, 0.1) is 17.4 Å².